The molecule has 0 amide bonds. The molecule has 6 heteroatoms. The smallest absolute Gasteiger partial charge is 0.119 e. The van der Waals surface area contributed by atoms with Crippen molar-refractivity contribution in [2.75, 3.05) is 47.7 Å². The van der Waals surface area contributed by atoms with Gasteiger partial charge in [0.25, 0.3) is 0 Å². The first-order valence-electron chi connectivity index (χ1n) is 30.0. The number of hydrogen-bond acceptors (Lipinski definition) is 6. The second kappa shape index (κ2) is 27.9. The Morgan fingerprint density at radius 2 is 0.735 bits per heavy atom. The Kier molecular flexibility index (Phi) is 18.9. The van der Waals surface area contributed by atoms with Crippen LogP contribution in [0.25, 0.3) is 33.4 Å². The molecule has 1 aliphatic rings. The average molecular weight is 1090 g/mol. The molecule has 0 bridgehead atoms. The number of aryl methyl sites for hydroxylation is 1. The summed E-state index contributed by atoms with van der Waals surface area (Å²) in [6.45, 7) is 8.24. The van der Waals surface area contributed by atoms with Crippen LogP contribution in [0.5, 0.6) is 5.75 Å². The standard InChI is InChI=1S/C77H77N3O3/c1-3-4-5-6-7-11-22-60-33-43-70(44-34-60)79(72-47-37-62(38-48-72)61-35-45-71(46-36-61)78(67-25-12-8-13-26-67)68-27-14-9-15-28-68)73-49-39-63(40-50-73)64-41-51-74(52-42-64)80(69-29-16-10-17-30-69)75-31-20-23-65(55-75)66-24-21-32-76(56-66)83-54-19-18-53-81-57-77(2)58-82-59-77/h8-10,12-17,20-21,23-52,55-56H,3-7,11,18-19,22,53-54,57-59H2,1-2H3. The summed E-state index contributed by atoms with van der Waals surface area (Å²) >= 11 is 0. The Hall–Kier alpha value is -8.68. The highest BCUT2D eigenvalue weighted by Crippen LogP contribution is 2.41. The first-order chi connectivity index (χ1) is 41.0. The number of unbranched alkanes of at least 4 members (excludes halogenated alkanes) is 6. The summed E-state index contributed by atoms with van der Waals surface area (Å²) in [6, 6.07) is 94.2. The first kappa shape index (κ1) is 56.2. The Balaban J connectivity index is 0.809. The van der Waals surface area contributed by atoms with E-state index in [0.29, 0.717) is 6.61 Å². The normalized spacial score (nSPS) is 12.6. The molecule has 10 aromatic carbocycles. The van der Waals surface area contributed by atoms with E-state index in [1.165, 1.54) is 55.2 Å². The van der Waals surface area contributed by atoms with Gasteiger partial charge in [-0.2, -0.15) is 0 Å². The first-order valence-corrected chi connectivity index (χ1v) is 30.0. The van der Waals surface area contributed by atoms with E-state index >= 15 is 0 Å². The maximum atomic E-state index is 6.25. The summed E-state index contributed by atoms with van der Waals surface area (Å²) in [7, 11) is 0. The number of benzene rings is 10. The molecule has 0 saturated carbocycles. The Morgan fingerprint density at radius 1 is 0.349 bits per heavy atom. The molecule has 0 unspecified atom stereocenters. The topological polar surface area (TPSA) is 37.4 Å². The molecule has 1 saturated heterocycles. The number of rotatable bonds is 27. The van der Waals surface area contributed by atoms with Crippen molar-refractivity contribution in [1.29, 1.82) is 0 Å². The molecule has 0 spiro atoms. The lowest BCUT2D eigenvalue weighted by molar-refractivity contribution is -0.138. The molecule has 0 atom stereocenters. The maximum Gasteiger partial charge on any atom is 0.119 e. The average Bonchev–Trinajstić information content (AvgIpc) is 3.69. The highest BCUT2D eigenvalue weighted by atomic mass is 16.5. The van der Waals surface area contributed by atoms with Gasteiger partial charge in [-0.25, -0.2) is 0 Å². The molecule has 6 nitrogen and oxygen atoms in total. The SMILES string of the molecule is CCCCCCCCc1ccc(N(c2ccc(-c3ccc(N(c4ccccc4)c4ccccc4)cc3)cc2)c2ccc(-c3ccc(N(c4ccccc4)c4cccc(-c5cccc(OCCCCOCC6(C)COC6)c5)c4)cc3)cc2)cc1. The predicted octanol–water partition coefficient (Wildman–Crippen LogP) is 21.2. The summed E-state index contributed by atoms with van der Waals surface area (Å²) in [5, 5.41) is 0. The van der Waals surface area contributed by atoms with Gasteiger partial charge in [0.2, 0.25) is 0 Å². The van der Waals surface area contributed by atoms with Gasteiger partial charge >= 0.3 is 0 Å². The molecule has 11 rings (SSSR count). The number of anilines is 9. The highest BCUT2D eigenvalue weighted by molar-refractivity contribution is 5.84. The molecule has 10 aromatic rings. The second-order valence-corrected chi connectivity index (χ2v) is 22.4. The van der Waals surface area contributed by atoms with Crippen LogP contribution in [0.1, 0.15) is 70.8 Å². The van der Waals surface area contributed by atoms with Crippen LogP contribution >= 0.6 is 0 Å². The number of para-hydroxylation sites is 3. The van der Waals surface area contributed by atoms with E-state index in [4.69, 9.17) is 14.2 Å². The maximum absolute atomic E-state index is 6.25. The molecule has 0 N–H and O–H groups in total. The zero-order valence-electron chi connectivity index (χ0n) is 48.3. The third-order valence-corrected chi connectivity index (χ3v) is 15.8. The number of hydrogen-bond donors (Lipinski definition) is 0. The number of nitrogens with zero attached hydrogens (tertiary/aromatic N) is 3. The van der Waals surface area contributed by atoms with Gasteiger partial charge in [0.15, 0.2) is 0 Å². The van der Waals surface area contributed by atoms with Crippen LogP contribution in [-0.4, -0.2) is 33.0 Å². The highest BCUT2D eigenvalue weighted by Gasteiger charge is 2.33. The van der Waals surface area contributed by atoms with E-state index in [-0.39, 0.29) is 5.41 Å². The van der Waals surface area contributed by atoms with Gasteiger partial charge in [0.05, 0.1) is 26.4 Å². The van der Waals surface area contributed by atoms with E-state index in [1.807, 2.05) is 6.07 Å². The van der Waals surface area contributed by atoms with Crippen molar-refractivity contribution in [1.82, 2.24) is 0 Å². The van der Waals surface area contributed by atoms with Crippen LogP contribution in [0.4, 0.5) is 51.2 Å². The monoisotopic (exact) mass is 1090 g/mol. The van der Waals surface area contributed by atoms with Crippen LogP contribution < -0.4 is 19.4 Å². The molecule has 1 heterocycles. The van der Waals surface area contributed by atoms with Crippen molar-refractivity contribution in [3.05, 3.63) is 266 Å². The van der Waals surface area contributed by atoms with E-state index in [0.717, 1.165) is 125 Å². The molecule has 0 radical (unpaired) electrons. The van der Waals surface area contributed by atoms with Crippen molar-refractivity contribution in [3.63, 3.8) is 0 Å². The number of ether oxygens (including phenoxy) is 3. The molecule has 1 fully saturated rings. The largest absolute Gasteiger partial charge is 0.494 e. The molecule has 1 aliphatic heterocycles. The third kappa shape index (κ3) is 14.5. The van der Waals surface area contributed by atoms with Crippen molar-refractivity contribution >= 4 is 51.2 Å². The Bertz CT molecular complexity index is 3510. The summed E-state index contributed by atoms with van der Waals surface area (Å²) in [5.74, 6) is 0.875. The van der Waals surface area contributed by atoms with Gasteiger partial charge in [0.1, 0.15) is 5.75 Å². The third-order valence-electron chi connectivity index (χ3n) is 15.8. The van der Waals surface area contributed by atoms with Crippen molar-refractivity contribution in [3.8, 4) is 39.1 Å². The quantitative estimate of drug-likeness (QED) is 0.0478. The van der Waals surface area contributed by atoms with Crippen LogP contribution in [0.2, 0.25) is 0 Å². The molecule has 418 valence electrons. The fourth-order valence-corrected chi connectivity index (χ4v) is 11.1. The summed E-state index contributed by atoms with van der Waals surface area (Å²) in [4.78, 5) is 7.02. The zero-order chi connectivity index (χ0) is 56.5. The van der Waals surface area contributed by atoms with Gasteiger partial charge in [-0.3, -0.25) is 0 Å². The van der Waals surface area contributed by atoms with Gasteiger partial charge in [-0.05, 0) is 186 Å². The van der Waals surface area contributed by atoms with E-state index in [9.17, 15) is 0 Å². The fourth-order valence-electron chi connectivity index (χ4n) is 11.1. The van der Waals surface area contributed by atoms with Gasteiger partial charge in [0, 0.05) is 63.2 Å². The summed E-state index contributed by atoms with van der Waals surface area (Å²) < 4.78 is 17.5. The Morgan fingerprint density at radius 3 is 1.19 bits per heavy atom. The van der Waals surface area contributed by atoms with E-state index in [2.05, 4.69) is 283 Å². The fraction of sp³-hybridized carbons (Fsp3) is 0.221. The Labute approximate surface area is 493 Å². The molecule has 0 aromatic heterocycles. The second-order valence-electron chi connectivity index (χ2n) is 22.4. The van der Waals surface area contributed by atoms with E-state index < -0.39 is 0 Å². The van der Waals surface area contributed by atoms with Gasteiger partial charge in [-0.15, -0.1) is 0 Å². The van der Waals surface area contributed by atoms with Crippen LogP contribution in [-0.2, 0) is 15.9 Å². The van der Waals surface area contributed by atoms with Gasteiger partial charge in [-0.1, -0.05) is 185 Å². The van der Waals surface area contributed by atoms with Gasteiger partial charge < -0.3 is 28.9 Å². The van der Waals surface area contributed by atoms with Crippen LogP contribution in [0.15, 0.2) is 261 Å². The molecular formula is C77H77N3O3. The molecule has 83 heavy (non-hydrogen) atoms. The lowest BCUT2D eigenvalue weighted by atomic mass is 9.90. The minimum atomic E-state index is 0.182. The minimum Gasteiger partial charge on any atom is -0.494 e. The minimum absolute atomic E-state index is 0.182. The summed E-state index contributed by atoms with van der Waals surface area (Å²) in [5.41, 5.74) is 18.4. The lowest BCUT2D eigenvalue weighted by Crippen LogP contribution is -2.43. The van der Waals surface area contributed by atoms with Crippen molar-refractivity contribution < 1.29 is 14.2 Å². The van der Waals surface area contributed by atoms with Crippen LogP contribution in [0.3, 0.4) is 0 Å². The summed E-state index contributed by atoms with van der Waals surface area (Å²) in [6.07, 6.45) is 10.8. The van der Waals surface area contributed by atoms with E-state index in [1.54, 1.807) is 0 Å². The molecular weight excluding hydrogens is 1010 g/mol. The lowest BCUT2D eigenvalue weighted by Gasteiger charge is -2.37. The van der Waals surface area contributed by atoms with Crippen molar-refractivity contribution in [2.45, 2.75) is 71.6 Å². The molecule has 0 aliphatic carbocycles. The van der Waals surface area contributed by atoms with Crippen molar-refractivity contribution in [2.24, 2.45) is 5.41 Å². The zero-order valence-corrected chi connectivity index (χ0v) is 48.3. The van der Waals surface area contributed by atoms with Crippen LogP contribution in [0, 0.1) is 5.41 Å². The predicted molar refractivity (Wildman–Crippen MR) is 348 cm³/mol.